The zero-order valence-electron chi connectivity index (χ0n) is 65.8. The predicted octanol–water partition coefficient (Wildman–Crippen LogP) is 12.9. The van der Waals surface area contributed by atoms with Crippen molar-refractivity contribution in [2.24, 2.45) is 47.3 Å². The van der Waals surface area contributed by atoms with E-state index in [9.17, 15) is 22.4 Å². The van der Waals surface area contributed by atoms with E-state index < -0.39 is 0 Å². The average Bonchev–Trinajstić information content (AvgIpc) is 0.855. The molecule has 12 rings (SSSR count). The first-order valence-electron chi connectivity index (χ1n) is 40.6. The first-order valence-corrected chi connectivity index (χ1v) is 41.4. The zero-order chi connectivity index (χ0) is 75.3. The van der Waals surface area contributed by atoms with Crippen molar-refractivity contribution in [1.29, 1.82) is 0 Å². The summed E-state index contributed by atoms with van der Waals surface area (Å²) >= 11 is 9.50. The Labute approximate surface area is 642 Å². The SMILES string of the molecule is CNCl.CNCl.CN[C@@H]1CCC(=O)C[C@H]1CN1CCC[C@@H](Cc2ccc(F)cc2)C1.CN[C@@H]1CC[C@@H](NC)[C@H](CN2CCC[C@@H](Cc3ccc(F)cc3)C2)C1.CN[C@@H]1CC[C@@H](NC)[C@H](CN2CCC[C@@H](Cc3ccc(F)cc3)C2)C1.CN[C@@H]1CC[C@@H](NC)[C@H](CN2CCC[C@@H](Cc3ccc(F)cc3)C2)C1. The van der Waals surface area contributed by atoms with Crippen LogP contribution in [0.15, 0.2) is 97.1 Å². The van der Waals surface area contributed by atoms with Crippen LogP contribution in [0, 0.1) is 70.6 Å². The number of carbonyl (C=O) groups is 1. The molecule has 15 atom stereocenters. The second kappa shape index (κ2) is 49.6. The molecule has 8 aliphatic rings. The highest BCUT2D eigenvalue weighted by Crippen LogP contribution is 2.33. The van der Waals surface area contributed by atoms with Gasteiger partial charge >= 0.3 is 0 Å². The lowest BCUT2D eigenvalue weighted by molar-refractivity contribution is -0.122. The molecule has 4 aromatic rings. The number of halogens is 6. The van der Waals surface area contributed by atoms with Crippen molar-refractivity contribution < 1.29 is 22.4 Å². The number of nitrogens with zero attached hydrogens (tertiary/aromatic N) is 4. The van der Waals surface area contributed by atoms with Gasteiger partial charge in [-0.1, -0.05) is 48.5 Å². The van der Waals surface area contributed by atoms with Gasteiger partial charge in [-0.2, -0.15) is 0 Å². The average molecular weight is 1510 g/mol. The summed E-state index contributed by atoms with van der Waals surface area (Å²) in [6.07, 6.45) is 28.4. The summed E-state index contributed by atoms with van der Waals surface area (Å²) in [4.78, 5) is 26.9. The Morgan fingerprint density at radius 2 is 0.571 bits per heavy atom. The molecule has 14 nitrogen and oxygen atoms in total. The second-order valence-electron chi connectivity index (χ2n) is 32.1. The molecule has 9 N–H and O–H groups in total. The number of carbonyl (C=O) groups excluding carboxylic acids is 1. The van der Waals surface area contributed by atoms with E-state index in [0.717, 1.165) is 82.3 Å². The van der Waals surface area contributed by atoms with Crippen LogP contribution >= 0.6 is 23.6 Å². The summed E-state index contributed by atoms with van der Waals surface area (Å²) in [6.45, 7) is 14.2. The van der Waals surface area contributed by atoms with E-state index in [2.05, 4.69) is 109 Å². The number of rotatable bonds is 23. The number of hydrogen-bond acceptors (Lipinski definition) is 14. The Morgan fingerprint density at radius 1 is 0.333 bits per heavy atom. The van der Waals surface area contributed by atoms with Crippen LogP contribution in [0.5, 0.6) is 0 Å². The van der Waals surface area contributed by atoms with Gasteiger partial charge in [-0.25, -0.2) is 27.2 Å². The Kier molecular flexibility index (Phi) is 41.8. The molecule has 105 heavy (non-hydrogen) atoms. The Hall–Kier alpha value is -3.67. The molecule has 0 amide bonds. The fraction of sp³-hybridized carbons (Fsp3) is 0.706. The normalized spacial score (nSPS) is 29.2. The van der Waals surface area contributed by atoms with Crippen LogP contribution in [0.4, 0.5) is 17.6 Å². The number of hydrogen-bond donors (Lipinski definition) is 9. The number of piperidine rings is 4. The van der Waals surface area contributed by atoms with E-state index in [0.29, 0.717) is 77.7 Å². The highest BCUT2D eigenvalue weighted by Gasteiger charge is 2.36. The lowest BCUT2D eigenvalue weighted by Gasteiger charge is -2.41. The minimum absolute atomic E-state index is 0.136. The van der Waals surface area contributed by atoms with Crippen molar-refractivity contribution in [3.63, 3.8) is 0 Å². The minimum Gasteiger partial charge on any atom is -0.317 e. The molecule has 0 spiro atoms. The van der Waals surface area contributed by atoms with Crippen molar-refractivity contribution >= 4 is 29.3 Å². The van der Waals surface area contributed by atoms with Crippen molar-refractivity contribution in [2.45, 2.75) is 196 Å². The van der Waals surface area contributed by atoms with Gasteiger partial charge in [0, 0.05) is 107 Å². The number of likely N-dealkylation sites (tertiary alicyclic amines) is 4. The van der Waals surface area contributed by atoms with Crippen LogP contribution < -0.4 is 46.9 Å². The van der Waals surface area contributed by atoms with E-state index in [1.165, 1.54) is 190 Å². The third-order valence-corrected chi connectivity index (χ3v) is 24.6. The van der Waals surface area contributed by atoms with Gasteiger partial charge in [-0.3, -0.25) is 4.79 Å². The van der Waals surface area contributed by atoms with E-state index >= 15 is 0 Å². The maximum atomic E-state index is 13.1. The maximum absolute atomic E-state index is 13.1. The molecule has 0 aromatic heterocycles. The monoisotopic (exact) mass is 1500 g/mol. The Balaban J connectivity index is 0.000000190. The number of benzene rings is 4. The highest BCUT2D eigenvalue weighted by molar-refractivity contribution is 6.13. The lowest BCUT2D eigenvalue weighted by atomic mass is 9.80. The van der Waals surface area contributed by atoms with Gasteiger partial charge in [0.05, 0.1) is 0 Å². The van der Waals surface area contributed by atoms with Crippen molar-refractivity contribution in [3.8, 4) is 0 Å². The van der Waals surface area contributed by atoms with Gasteiger partial charge in [0.15, 0.2) is 0 Å². The topological polar surface area (TPSA) is 138 Å². The van der Waals surface area contributed by atoms with Crippen LogP contribution in [0.3, 0.4) is 0 Å². The second-order valence-corrected chi connectivity index (χ2v) is 32.8. The largest absolute Gasteiger partial charge is 0.317 e. The highest BCUT2D eigenvalue weighted by atomic mass is 35.5. The van der Waals surface area contributed by atoms with E-state index in [1.54, 1.807) is 62.6 Å². The third-order valence-electron chi connectivity index (χ3n) is 24.6. The number of Topliss-reactive ketones (excluding diaryl/α,β-unsaturated/α-hetero) is 1. The van der Waals surface area contributed by atoms with Crippen LogP contribution in [0.2, 0.25) is 0 Å². The van der Waals surface area contributed by atoms with Gasteiger partial charge < -0.3 is 56.8 Å². The predicted molar refractivity (Wildman–Crippen MR) is 431 cm³/mol. The van der Waals surface area contributed by atoms with Crippen molar-refractivity contribution in [3.05, 3.63) is 143 Å². The van der Waals surface area contributed by atoms with Crippen LogP contribution in [-0.4, -0.2) is 210 Å². The summed E-state index contributed by atoms with van der Waals surface area (Å²) in [5.41, 5.74) is 5.04. The van der Waals surface area contributed by atoms with Gasteiger partial charge in [0.1, 0.15) is 29.1 Å². The summed E-state index contributed by atoms with van der Waals surface area (Å²) in [5, 5.41) is 24.5. The molecule has 4 saturated carbocycles. The van der Waals surface area contributed by atoms with Gasteiger partial charge in [-0.15, -0.1) is 0 Å². The van der Waals surface area contributed by atoms with Crippen LogP contribution in [0.1, 0.15) is 151 Å². The smallest absolute Gasteiger partial charge is 0.133 e. The standard InChI is InChI=1S/3C21H34FN3.C20H29FN2O.2CH4ClN/c3*1-23-20-9-10-21(24-2)18(13-20)15-25-11-3-4-17(14-25)12-16-5-7-19(22)8-6-16;1-22-20-9-8-19(24)12-17(20)14-23-10-2-3-16(13-23)11-15-4-6-18(21)7-5-15;2*1-3-2/h3*5-8,17-18,20-21,23-24H,3-4,9-15H2,1-2H3;4-7,16-17,20,22H,2-3,8-14H2,1H3;2*3H,1H3/t3*17-,18-,20+,21+;16-,17-,20+;;/m0000../s1. The van der Waals surface area contributed by atoms with Crippen molar-refractivity contribution in [2.75, 3.05) is 142 Å². The molecule has 8 fully saturated rings. The summed E-state index contributed by atoms with van der Waals surface area (Å²) in [6, 6.07) is 32.6. The molecule has 4 aliphatic carbocycles. The quantitative estimate of drug-likeness (QED) is 0.0257. The maximum Gasteiger partial charge on any atom is 0.133 e. The summed E-state index contributed by atoms with van der Waals surface area (Å²) in [7, 11) is 17.9. The Morgan fingerprint density at radius 3 is 0.810 bits per heavy atom. The molecular formula is C85H139Cl2F4N13O. The Bertz CT molecular complexity index is 2700. The number of nitrogens with one attached hydrogen (secondary N) is 9. The van der Waals surface area contributed by atoms with Gasteiger partial charge in [-0.05, 0) is 373 Å². The summed E-state index contributed by atoms with van der Waals surface area (Å²) < 4.78 is 52.3. The van der Waals surface area contributed by atoms with E-state index in [1.807, 2.05) is 55.6 Å². The first kappa shape index (κ1) is 88.5. The minimum atomic E-state index is -0.163. The van der Waals surface area contributed by atoms with E-state index in [4.69, 9.17) is 23.6 Å². The van der Waals surface area contributed by atoms with Gasteiger partial charge in [0.2, 0.25) is 0 Å². The molecule has 4 heterocycles. The van der Waals surface area contributed by atoms with Crippen molar-refractivity contribution in [1.82, 2.24) is 66.5 Å². The fourth-order valence-electron chi connectivity index (χ4n) is 19.1. The third kappa shape index (κ3) is 31.9. The lowest BCUT2D eigenvalue weighted by Crippen LogP contribution is -2.49. The first-order chi connectivity index (χ1) is 51.0. The van der Waals surface area contributed by atoms with Crippen LogP contribution in [0.25, 0.3) is 0 Å². The molecule has 4 aromatic carbocycles. The van der Waals surface area contributed by atoms with E-state index in [-0.39, 0.29) is 23.3 Å². The molecule has 592 valence electrons. The molecule has 4 aliphatic heterocycles. The number of ketones is 1. The van der Waals surface area contributed by atoms with Crippen LogP contribution in [-0.2, 0) is 30.5 Å². The van der Waals surface area contributed by atoms with Gasteiger partial charge in [0.25, 0.3) is 0 Å². The summed E-state index contributed by atoms with van der Waals surface area (Å²) in [5.74, 6) is 5.26. The fourth-order valence-corrected chi connectivity index (χ4v) is 19.1. The molecule has 0 unspecified atom stereocenters. The molecule has 0 bridgehead atoms. The zero-order valence-corrected chi connectivity index (χ0v) is 67.3. The molecule has 20 heteroatoms. The molecule has 4 saturated heterocycles. The molecular weight excluding hydrogens is 1370 g/mol. The molecule has 0 radical (unpaired) electrons.